The minimum atomic E-state index is -3.96. The standard InChI is InChI=1S/C12H19N3O5S/c1-4-14(7-8-20-3)21(18,19)12-9-10(13-2)5-6-11(12)15(16)17/h5-6,9,13H,4,7-8H2,1-3H3. The van der Waals surface area contributed by atoms with Gasteiger partial charge < -0.3 is 10.1 Å². The average Bonchev–Trinajstić information content (AvgIpc) is 2.47. The fraction of sp³-hybridized carbons (Fsp3) is 0.500. The van der Waals surface area contributed by atoms with Crippen molar-refractivity contribution in [1.29, 1.82) is 0 Å². The Morgan fingerprint density at radius 1 is 1.43 bits per heavy atom. The molecule has 0 amide bonds. The smallest absolute Gasteiger partial charge is 0.289 e. The topological polar surface area (TPSA) is 102 Å². The van der Waals surface area contributed by atoms with Gasteiger partial charge in [-0.25, -0.2) is 8.42 Å². The van der Waals surface area contributed by atoms with Crippen LogP contribution in [0.2, 0.25) is 0 Å². The van der Waals surface area contributed by atoms with Crippen LogP contribution in [0.25, 0.3) is 0 Å². The Morgan fingerprint density at radius 3 is 2.57 bits per heavy atom. The van der Waals surface area contributed by atoms with Crippen molar-refractivity contribution in [3.63, 3.8) is 0 Å². The maximum Gasteiger partial charge on any atom is 0.289 e. The molecule has 0 aromatic heterocycles. The van der Waals surface area contributed by atoms with E-state index in [4.69, 9.17) is 4.74 Å². The SMILES string of the molecule is CCN(CCOC)S(=O)(=O)c1cc(NC)ccc1[N+](=O)[O-]. The zero-order chi connectivity index (χ0) is 16.0. The van der Waals surface area contributed by atoms with Gasteiger partial charge in [0.2, 0.25) is 10.0 Å². The molecule has 21 heavy (non-hydrogen) atoms. The Morgan fingerprint density at radius 2 is 2.10 bits per heavy atom. The van der Waals surface area contributed by atoms with Gasteiger partial charge in [-0.2, -0.15) is 4.31 Å². The maximum absolute atomic E-state index is 12.6. The van der Waals surface area contributed by atoms with Crippen LogP contribution in [-0.2, 0) is 14.8 Å². The number of anilines is 1. The van der Waals surface area contributed by atoms with E-state index in [0.29, 0.717) is 5.69 Å². The van der Waals surface area contributed by atoms with Crippen LogP contribution in [0.5, 0.6) is 0 Å². The average molecular weight is 317 g/mol. The predicted octanol–water partition coefficient (Wildman–Crippen LogP) is 1.29. The number of methoxy groups -OCH3 is 1. The first-order chi connectivity index (χ1) is 9.88. The van der Waals surface area contributed by atoms with Gasteiger partial charge in [-0.1, -0.05) is 6.92 Å². The van der Waals surface area contributed by atoms with Gasteiger partial charge in [0.25, 0.3) is 5.69 Å². The molecule has 1 aromatic rings. The molecule has 0 aliphatic heterocycles. The fourth-order valence-corrected chi connectivity index (χ4v) is 3.42. The van der Waals surface area contributed by atoms with Gasteiger partial charge in [0.05, 0.1) is 11.5 Å². The summed E-state index contributed by atoms with van der Waals surface area (Å²) in [6.45, 7) is 2.22. The van der Waals surface area contributed by atoms with Crippen LogP contribution < -0.4 is 5.32 Å². The van der Waals surface area contributed by atoms with Gasteiger partial charge in [-0.3, -0.25) is 10.1 Å². The minimum absolute atomic E-state index is 0.135. The number of rotatable bonds is 8. The summed E-state index contributed by atoms with van der Waals surface area (Å²) in [4.78, 5) is 10.1. The van der Waals surface area contributed by atoms with Crippen LogP contribution in [0.4, 0.5) is 11.4 Å². The highest BCUT2D eigenvalue weighted by Crippen LogP contribution is 2.29. The first-order valence-corrected chi connectivity index (χ1v) is 7.77. The highest BCUT2D eigenvalue weighted by Gasteiger charge is 2.31. The lowest BCUT2D eigenvalue weighted by atomic mass is 10.3. The van der Waals surface area contributed by atoms with Gasteiger partial charge in [0, 0.05) is 39.0 Å². The third-order valence-electron chi connectivity index (χ3n) is 2.96. The van der Waals surface area contributed by atoms with Crippen LogP contribution in [0.15, 0.2) is 23.1 Å². The van der Waals surface area contributed by atoms with E-state index < -0.39 is 20.6 Å². The molecule has 0 aliphatic carbocycles. The molecule has 0 saturated carbocycles. The zero-order valence-electron chi connectivity index (χ0n) is 12.2. The number of sulfonamides is 1. The third-order valence-corrected chi connectivity index (χ3v) is 4.96. The Kier molecular flexibility index (Phi) is 6.06. The molecule has 0 bridgehead atoms. The zero-order valence-corrected chi connectivity index (χ0v) is 13.0. The summed E-state index contributed by atoms with van der Waals surface area (Å²) < 4.78 is 31.2. The fourth-order valence-electron chi connectivity index (χ4n) is 1.81. The van der Waals surface area contributed by atoms with Crippen LogP contribution in [-0.4, -0.2) is 51.5 Å². The van der Waals surface area contributed by atoms with E-state index in [-0.39, 0.29) is 24.6 Å². The van der Waals surface area contributed by atoms with Crippen molar-refractivity contribution >= 4 is 21.4 Å². The molecule has 0 heterocycles. The monoisotopic (exact) mass is 317 g/mol. The van der Waals surface area contributed by atoms with Crippen molar-refractivity contribution in [1.82, 2.24) is 4.31 Å². The van der Waals surface area contributed by atoms with Crippen molar-refractivity contribution in [2.24, 2.45) is 0 Å². The summed E-state index contributed by atoms with van der Waals surface area (Å²) in [5.74, 6) is 0. The Balaban J connectivity index is 3.36. The molecule has 8 nitrogen and oxygen atoms in total. The van der Waals surface area contributed by atoms with Crippen LogP contribution in [0.3, 0.4) is 0 Å². The third kappa shape index (κ3) is 3.90. The summed E-state index contributed by atoms with van der Waals surface area (Å²) in [7, 11) is -0.886. The number of hydrogen-bond acceptors (Lipinski definition) is 6. The number of nitrogens with zero attached hydrogens (tertiary/aromatic N) is 2. The summed E-state index contributed by atoms with van der Waals surface area (Å²) in [5.41, 5.74) is 0.0480. The predicted molar refractivity (Wildman–Crippen MR) is 79.0 cm³/mol. The number of hydrogen-bond donors (Lipinski definition) is 1. The molecular weight excluding hydrogens is 298 g/mol. The van der Waals surface area contributed by atoms with E-state index in [1.165, 1.54) is 25.3 Å². The summed E-state index contributed by atoms with van der Waals surface area (Å²) >= 11 is 0. The first kappa shape index (κ1) is 17.3. The number of nitro groups is 1. The minimum Gasteiger partial charge on any atom is -0.388 e. The summed E-state index contributed by atoms with van der Waals surface area (Å²) in [6, 6.07) is 3.91. The molecule has 0 fully saturated rings. The van der Waals surface area contributed by atoms with Crippen molar-refractivity contribution in [2.45, 2.75) is 11.8 Å². The number of benzene rings is 1. The van der Waals surface area contributed by atoms with Gasteiger partial charge in [0.15, 0.2) is 4.90 Å². The summed E-state index contributed by atoms with van der Waals surface area (Å²) in [6.07, 6.45) is 0. The van der Waals surface area contributed by atoms with E-state index in [2.05, 4.69) is 5.32 Å². The molecule has 1 aromatic carbocycles. The highest BCUT2D eigenvalue weighted by molar-refractivity contribution is 7.89. The van der Waals surface area contributed by atoms with Crippen molar-refractivity contribution in [3.8, 4) is 0 Å². The second-order valence-electron chi connectivity index (χ2n) is 4.18. The number of nitrogens with one attached hydrogen (secondary N) is 1. The van der Waals surface area contributed by atoms with E-state index in [0.717, 1.165) is 4.31 Å². The van der Waals surface area contributed by atoms with Crippen LogP contribution >= 0.6 is 0 Å². The van der Waals surface area contributed by atoms with E-state index in [9.17, 15) is 18.5 Å². The molecule has 9 heteroatoms. The molecular formula is C12H19N3O5S. The van der Waals surface area contributed by atoms with Crippen molar-refractivity contribution < 1.29 is 18.1 Å². The van der Waals surface area contributed by atoms with Crippen LogP contribution in [0, 0.1) is 10.1 Å². The number of nitro benzene ring substituents is 1. The Bertz CT molecular complexity index is 603. The quantitative estimate of drug-likeness (QED) is 0.572. The van der Waals surface area contributed by atoms with Gasteiger partial charge in [0.1, 0.15) is 0 Å². The van der Waals surface area contributed by atoms with Gasteiger partial charge in [-0.15, -0.1) is 0 Å². The van der Waals surface area contributed by atoms with Crippen molar-refractivity contribution in [2.75, 3.05) is 39.2 Å². The maximum atomic E-state index is 12.6. The number of ether oxygens (including phenoxy) is 1. The lowest BCUT2D eigenvalue weighted by molar-refractivity contribution is -0.387. The first-order valence-electron chi connectivity index (χ1n) is 6.33. The Labute approximate surface area is 123 Å². The molecule has 0 unspecified atom stereocenters. The normalized spacial score (nSPS) is 11.6. The van der Waals surface area contributed by atoms with Gasteiger partial charge >= 0.3 is 0 Å². The molecule has 0 aliphatic rings. The van der Waals surface area contributed by atoms with E-state index in [1.807, 2.05) is 0 Å². The molecule has 1 rings (SSSR count). The molecule has 0 atom stereocenters. The number of likely N-dealkylation sites (N-methyl/N-ethyl adjacent to an activating group) is 1. The highest BCUT2D eigenvalue weighted by atomic mass is 32.2. The van der Waals surface area contributed by atoms with E-state index in [1.54, 1.807) is 14.0 Å². The molecule has 1 N–H and O–H groups in total. The van der Waals surface area contributed by atoms with Crippen LogP contribution in [0.1, 0.15) is 6.92 Å². The van der Waals surface area contributed by atoms with Crippen molar-refractivity contribution in [3.05, 3.63) is 28.3 Å². The largest absolute Gasteiger partial charge is 0.388 e. The Hall–Kier alpha value is -1.71. The second-order valence-corrected chi connectivity index (χ2v) is 6.09. The lowest BCUT2D eigenvalue weighted by Gasteiger charge is -2.20. The molecule has 0 saturated heterocycles. The van der Waals surface area contributed by atoms with E-state index >= 15 is 0 Å². The lowest BCUT2D eigenvalue weighted by Crippen LogP contribution is -2.34. The molecule has 0 radical (unpaired) electrons. The summed E-state index contributed by atoms with van der Waals surface area (Å²) in [5, 5.41) is 13.8. The molecule has 0 spiro atoms. The second kappa shape index (κ2) is 7.34. The molecule has 118 valence electrons. The van der Waals surface area contributed by atoms with Gasteiger partial charge in [-0.05, 0) is 12.1 Å².